The summed E-state index contributed by atoms with van der Waals surface area (Å²) in [5.41, 5.74) is 1.48. The molecule has 100 valence electrons. The van der Waals surface area contributed by atoms with Crippen molar-refractivity contribution in [2.45, 2.75) is 39.0 Å². The lowest BCUT2D eigenvalue weighted by Crippen LogP contribution is -2.28. The number of benzene rings is 1. The fourth-order valence-corrected chi connectivity index (χ4v) is 3.35. The Labute approximate surface area is 119 Å². The molecule has 1 atom stereocenters. The Morgan fingerprint density at radius 3 is 2.50 bits per heavy atom. The van der Waals surface area contributed by atoms with Gasteiger partial charge in [0.05, 0.1) is 0 Å². The van der Waals surface area contributed by atoms with Gasteiger partial charge >= 0.3 is 0 Å². The monoisotopic (exact) mass is 309 g/mol. The first-order valence-corrected chi connectivity index (χ1v) is 8.04. The van der Waals surface area contributed by atoms with Gasteiger partial charge in [-0.3, -0.25) is 0 Å². The van der Waals surface area contributed by atoms with Gasteiger partial charge in [-0.15, -0.1) is 0 Å². The summed E-state index contributed by atoms with van der Waals surface area (Å²) in [6, 6.07) is 8.85. The van der Waals surface area contributed by atoms with Crippen LogP contribution in [0, 0.1) is 11.8 Å². The van der Waals surface area contributed by atoms with Gasteiger partial charge in [0.1, 0.15) is 0 Å². The van der Waals surface area contributed by atoms with Crippen LogP contribution in [0.1, 0.15) is 38.2 Å². The van der Waals surface area contributed by atoms with Gasteiger partial charge in [-0.25, -0.2) is 0 Å². The van der Waals surface area contributed by atoms with Crippen LogP contribution in [-0.2, 0) is 6.42 Å². The highest BCUT2D eigenvalue weighted by Gasteiger charge is 2.24. The molecule has 0 aromatic heterocycles. The highest BCUT2D eigenvalue weighted by molar-refractivity contribution is 9.10. The molecule has 1 fully saturated rings. The zero-order valence-corrected chi connectivity index (χ0v) is 12.9. The maximum absolute atomic E-state index is 3.55. The van der Waals surface area contributed by atoms with E-state index in [9.17, 15) is 0 Å². The molecule has 1 N–H and O–H groups in total. The van der Waals surface area contributed by atoms with Gasteiger partial charge in [0.2, 0.25) is 0 Å². The van der Waals surface area contributed by atoms with E-state index in [0.29, 0.717) is 0 Å². The third kappa shape index (κ3) is 4.10. The zero-order valence-electron chi connectivity index (χ0n) is 11.3. The van der Waals surface area contributed by atoms with Crippen LogP contribution in [0.2, 0.25) is 0 Å². The second-order valence-electron chi connectivity index (χ2n) is 5.44. The van der Waals surface area contributed by atoms with E-state index in [4.69, 9.17) is 0 Å². The van der Waals surface area contributed by atoms with Crippen LogP contribution in [0.15, 0.2) is 28.7 Å². The largest absolute Gasteiger partial charge is 0.317 e. The lowest BCUT2D eigenvalue weighted by Gasteiger charge is -2.24. The van der Waals surface area contributed by atoms with Gasteiger partial charge in [-0.1, -0.05) is 60.7 Å². The summed E-state index contributed by atoms with van der Waals surface area (Å²) in [5.74, 6) is 1.75. The molecule has 0 amide bonds. The van der Waals surface area contributed by atoms with Gasteiger partial charge in [0.25, 0.3) is 0 Å². The third-order valence-electron chi connectivity index (χ3n) is 4.13. The van der Waals surface area contributed by atoms with Crippen LogP contribution in [-0.4, -0.2) is 13.1 Å². The van der Waals surface area contributed by atoms with Gasteiger partial charge in [0, 0.05) is 4.47 Å². The van der Waals surface area contributed by atoms with Gasteiger partial charge in [-0.2, -0.15) is 0 Å². The van der Waals surface area contributed by atoms with Crippen LogP contribution in [0.3, 0.4) is 0 Å². The predicted octanol–water partition coefficient (Wildman–Crippen LogP) is 4.41. The standard InChI is InChI=1S/C16H24BrN/c1-2-18-12-15(14-5-3-4-6-14)11-13-7-9-16(17)10-8-13/h7-10,14-15,18H,2-6,11-12H2,1H3. The van der Waals surface area contributed by atoms with Crippen molar-refractivity contribution in [1.82, 2.24) is 5.32 Å². The summed E-state index contributed by atoms with van der Waals surface area (Å²) in [5, 5.41) is 3.55. The normalized spacial score (nSPS) is 18.1. The number of hydrogen-bond acceptors (Lipinski definition) is 1. The quantitative estimate of drug-likeness (QED) is 0.821. The molecule has 18 heavy (non-hydrogen) atoms. The van der Waals surface area contributed by atoms with E-state index in [2.05, 4.69) is 52.4 Å². The fraction of sp³-hybridized carbons (Fsp3) is 0.625. The Kier molecular flexibility index (Phi) is 5.71. The highest BCUT2D eigenvalue weighted by atomic mass is 79.9. The number of rotatable bonds is 6. The SMILES string of the molecule is CCNCC(Cc1ccc(Br)cc1)C1CCCC1. The minimum Gasteiger partial charge on any atom is -0.317 e. The first-order chi connectivity index (χ1) is 8.79. The molecule has 1 saturated carbocycles. The van der Waals surface area contributed by atoms with Gasteiger partial charge in [-0.05, 0) is 49.0 Å². The van der Waals surface area contributed by atoms with Gasteiger partial charge in [0.15, 0.2) is 0 Å². The molecule has 1 aliphatic carbocycles. The van der Waals surface area contributed by atoms with Crippen LogP contribution in [0.5, 0.6) is 0 Å². The maximum Gasteiger partial charge on any atom is 0.0175 e. The van der Waals surface area contributed by atoms with E-state index >= 15 is 0 Å². The molecule has 1 aromatic rings. The fourth-order valence-electron chi connectivity index (χ4n) is 3.09. The van der Waals surface area contributed by atoms with Crippen LogP contribution >= 0.6 is 15.9 Å². The van der Waals surface area contributed by atoms with Crippen molar-refractivity contribution in [2.75, 3.05) is 13.1 Å². The Bertz CT molecular complexity index is 341. The minimum absolute atomic E-state index is 0.814. The number of nitrogens with one attached hydrogen (secondary N) is 1. The summed E-state index contributed by atoms with van der Waals surface area (Å²) in [6.07, 6.45) is 6.98. The summed E-state index contributed by atoms with van der Waals surface area (Å²) < 4.78 is 1.18. The van der Waals surface area contributed by atoms with Crippen LogP contribution in [0.4, 0.5) is 0 Å². The molecule has 2 rings (SSSR count). The first-order valence-electron chi connectivity index (χ1n) is 7.24. The lowest BCUT2D eigenvalue weighted by atomic mass is 9.85. The van der Waals surface area contributed by atoms with E-state index in [1.54, 1.807) is 0 Å². The minimum atomic E-state index is 0.814. The Hall–Kier alpha value is -0.340. The van der Waals surface area contributed by atoms with Gasteiger partial charge < -0.3 is 5.32 Å². The molecule has 2 heteroatoms. The summed E-state index contributed by atoms with van der Waals surface area (Å²) in [4.78, 5) is 0. The Balaban J connectivity index is 1.97. The molecule has 1 aliphatic rings. The average molecular weight is 310 g/mol. The molecule has 0 spiro atoms. The van der Waals surface area contributed by atoms with E-state index < -0.39 is 0 Å². The summed E-state index contributed by atoms with van der Waals surface area (Å²) >= 11 is 3.51. The summed E-state index contributed by atoms with van der Waals surface area (Å²) in [6.45, 7) is 4.46. The molecule has 1 nitrogen and oxygen atoms in total. The van der Waals surface area contributed by atoms with Crippen molar-refractivity contribution >= 4 is 15.9 Å². The molecule has 1 aromatic carbocycles. The van der Waals surface area contributed by atoms with Crippen molar-refractivity contribution in [3.63, 3.8) is 0 Å². The van der Waals surface area contributed by atoms with Crippen molar-refractivity contribution in [3.8, 4) is 0 Å². The molecular weight excluding hydrogens is 286 g/mol. The van der Waals surface area contributed by atoms with Crippen molar-refractivity contribution in [3.05, 3.63) is 34.3 Å². The molecule has 0 heterocycles. The molecular formula is C16H24BrN. The molecule has 0 aliphatic heterocycles. The maximum atomic E-state index is 3.55. The number of hydrogen-bond donors (Lipinski definition) is 1. The topological polar surface area (TPSA) is 12.0 Å². The van der Waals surface area contributed by atoms with E-state index in [-0.39, 0.29) is 0 Å². The molecule has 0 bridgehead atoms. The van der Waals surface area contributed by atoms with E-state index in [0.717, 1.165) is 18.4 Å². The number of halogens is 1. The second-order valence-corrected chi connectivity index (χ2v) is 6.36. The average Bonchev–Trinajstić information content (AvgIpc) is 2.90. The van der Waals surface area contributed by atoms with Crippen molar-refractivity contribution < 1.29 is 0 Å². The van der Waals surface area contributed by atoms with Crippen molar-refractivity contribution in [2.24, 2.45) is 11.8 Å². The Morgan fingerprint density at radius 2 is 1.89 bits per heavy atom. The smallest absolute Gasteiger partial charge is 0.0175 e. The predicted molar refractivity (Wildman–Crippen MR) is 81.8 cm³/mol. The Morgan fingerprint density at radius 1 is 1.22 bits per heavy atom. The van der Waals surface area contributed by atoms with Crippen LogP contribution in [0.25, 0.3) is 0 Å². The second kappa shape index (κ2) is 7.30. The molecule has 1 unspecified atom stereocenters. The van der Waals surface area contributed by atoms with Crippen LogP contribution < -0.4 is 5.32 Å². The summed E-state index contributed by atoms with van der Waals surface area (Å²) in [7, 11) is 0. The zero-order chi connectivity index (χ0) is 12.8. The lowest BCUT2D eigenvalue weighted by molar-refractivity contribution is 0.323. The van der Waals surface area contributed by atoms with E-state index in [1.165, 1.54) is 48.7 Å². The highest BCUT2D eigenvalue weighted by Crippen LogP contribution is 2.33. The van der Waals surface area contributed by atoms with E-state index in [1.807, 2.05) is 0 Å². The molecule has 0 saturated heterocycles. The first kappa shape index (κ1) is 14.1. The molecule has 0 radical (unpaired) electrons. The van der Waals surface area contributed by atoms with Crippen molar-refractivity contribution in [1.29, 1.82) is 0 Å². The third-order valence-corrected chi connectivity index (χ3v) is 4.66.